The third-order valence-corrected chi connectivity index (χ3v) is 2.36. The summed E-state index contributed by atoms with van der Waals surface area (Å²) in [5.74, 6) is 0.220. The number of hydrogen-bond acceptors (Lipinski definition) is 3. The minimum Gasteiger partial charge on any atom is -0.325 e. The van der Waals surface area contributed by atoms with Crippen molar-refractivity contribution < 1.29 is 4.79 Å². The van der Waals surface area contributed by atoms with Gasteiger partial charge in [-0.15, -0.1) is 24.8 Å². The largest absolute Gasteiger partial charge is 0.325 e. The SMILES string of the molecule is Cl.Cl.NCc1ccc2c(n1)CCCC2=O. The molecule has 0 spiro atoms. The highest BCUT2D eigenvalue weighted by Gasteiger charge is 2.17. The molecule has 0 atom stereocenters. The first-order valence-corrected chi connectivity index (χ1v) is 4.53. The summed E-state index contributed by atoms with van der Waals surface area (Å²) < 4.78 is 0. The maximum atomic E-state index is 11.4. The summed E-state index contributed by atoms with van der Waals surface area (Å²) in [5.41, 5.74) is 8.06. The van der Waals surface area contributed by atoms with Gasteiger partial charge in [0.25, 0.3) is 0 Å². The Balaban J connectivity index is 0.000000980. The molecule has 1 aromatic heterocycles. The van der Waals surface area contributed by atoms with Crippen LogP contribution in [0.1, 0.15) is 34.6 Å². The molecule has 0 amide bonds. The number of aryl methyl sites for hydroxylation is 1. The maximum absolute atomic E-state index is 11.4. The molecule has 0 aliphatic heterocycles. The van der Waals surface area contributed by atoms with Crippen LogP contribution in [0.25, 0.3) is 0 Å². The topological polar surface area (TPSA) is 56.0 Å². The van der Waals surface area contributed by atoms with E-state index in [0.717, 1.165) is 29.8 Å². The van der Waals surface area contributed by atoms with Gasteiger partial charge in [-0.3, -0.25) is 9.78 Å². The second kappa shape index (κ2) is 6.05. The number of Topliss-reactive ketones (excluding diaryl/α,β-unsaturated/α-hetero) is 1. The van der Waals surface area contributed by atoms with Gasteiger partial charge in [0.15, 0.2) is 5.78 Å². The van der Waals surface area contributed by atoms with Gasteiger partial charge in [-0.25, -0.2) is 0 Å². The Bertz CT molecular complexity index is 355. The van der Waals surface area contributed by atoms with Crippen LogP contribution < -0.4 is 5.73 Å². The molecule has 0 aromatic carbocycles. The van der Waals surface area contributed by atoms with Crippen molar-refractivity contribution in [2.75, 3.05) is 0 Å². The monoisotopic (exact) mass is 248 g/mol. The highest BCUT2D eigenvalue weighted by molar-refractivity contribution is 5.97. The number of aromatic nitrogens is 1. The Hall–Kier alpha value is -0.640. The van der Waals surface area contributed by atoms with Crippen LogP contribution in [0.5, 0.6) is 0 Å². The summed E-state index contributed by atoms with van der Waals surface area (Å²) in [4.78, 5) is 15.8. The summed E-state index contributed by atoms with van der Waals surface area (Å²) in [5, 5.41) is 0. The lowest BCUT2D eigenvalue weighted by Gasteiger charge is -2.13. The van der Waals surface area contributed by atoms with Crippen molar-refractivity contribution in [2.24, 2.45) is 5.73 Å². The fraction of sp³-hybridized carbons (Fsp3) is 0.400. The first-order valence-electron chi connectivity index (χ1n) is 4.53. The number of hydrogen-bond donors (Lipinski definition) is 1. The van der Waals surface area contributed by atoms with Crippen LogP contribution in [-0.4, -0.2) is 10.8 Å². The fourth-order valence-corrected chi connectivity index (χ4v) is 1.66. The molecule has 5 heteroatoms. The van der Waals surface area contributed by atoms with E-state index >= 15 is 0 Å². The third-order valence-electron chi connectivity index (χ3n) is 2.36. The van der Waals surface area contributed by atoms with Crippen molar-refractivity contribution in [3.05, 3.63) is 29.1 Å². The number of carbonyl (C=O) groups is 1. The van der Waals surface area contributed by atoms with E-state index in [-0.39, 0.29) is 30.6 Å². The lowest BCUT2D eigenvalue weighted by Crippen LogP contribution is -2.14. The molecule has 1 aliphatic rings. The molecule has 1 aliphatic carbocycles. The minimum atomic E-state index is 0. The smallest absolute Gasteiger partial charge is 0.164 e. The van der Waals surface area contributed by atoms with Crippen LogP contribution in [0.2, 0.25) is 0 Å². The molecular weight excluding hydrogens is 235 g/mol. The number of carbonyl (C=O) groups excluding carboxylic acids is 1. The zero-order valence-corrected chi connectivity index (χ0v) is 9.87. The Morgan fingerprint density at radius 2 is 2.00 bits per heavy atom. The highest BCUT2D eigenvalue weighted by atomic mass is 35.5. The van der Waals surface area contributed by atoms with E-state index < -0.39 is 0 Å². The first kappa shape index (κ1) is 14.4. The van der Waals surface area contributed by atoms with E-state index in [1.165, 1.54) is 0 Å². The van der Waals surface area contributed by atoms with E-state index in [1.807, 2.05) is 12.1 Å². The van der Waals surface area contributed by atoms with Crippen molar-refractivity contribution in [1.29, 1.82) is 0 Å². The van der Waals surface area contributed by atoms with Crippen molar-refractivity contribution >= 4 is 30.6 Å². The number of nitrogens with two attached hydrogens (primary N) is 1. The fourth-order valence-electron chi connectivity index (χ4n) is 1.66. The molecule has 0 unspecified atom stereocenters. The molecule has 2 N–H and O–H groups in total. The summed E-state index contributed by atoms with van der Waals surface area (Å²) in [6, 6.07) is 3.69. The van der Waals surface area contributed by atoms with Gasteiger partial charge in [-0.2, -0.15) is 0 Å². The van der Waals surface area contributed by atoms with Gasteiger partial charge in [0.2, 0.25) is 0 Å². The molecule has 15 heavy (non-hydrogen) atoms. The van der Waals surface area contributed by atoms with Crippen LogP contribution in [0.3, 0.4) is 0 Å². The molecular formula is C10H14Cl2N2O. The van der Waals surface area contributed by atoms with Gasteiger partial charge < -0.3 is 5.73 Å². The molecule has 1 aromatic rings. The normalized spacial score (nSPS) is 13.5. The van der Waals surface area contributed by atoms with Crippen LogP contribution >= 0.6 is 24.8 Å². The van der Waals surface area contributed by atoms with Crippen molar-refractivity contribution in [1.82, 2.24) is 4.98 Å². The molecule has 1 heterocycles. The van der Waals surface area contributed by atoms with Crippen LogP contribution in [0.4, 0.5) is 0 Å². The molecule has 3 nitrogen and oxygen atoms in total. The zero-order chi connectivity index (χ0) is 9.26. The summed E-state index contributed by atoms with van der Waals surface area (Å²) in [6.45, 7) is 0.446. The number of ketones is 1. The number of halogens is 2. The van der Waals surface area contributed by atoms with Crippen molar-refractivity contribution in [3.63, 3.8) is 0 Å². The first-order chi connectivity index (χ1) is 6.31. The molecule has 2 rings (SSSR count). The van der Waals surface area contributed by atoms with Crippen molar-refractivity contribution in [3.8, 4) is 0 Å². The predicted octanol–water partition coefficient (Wildman–Crippen LogP) is 1.90. The zero-order valence-electron chi connectivity index (χ0n) is 8.23. The maximum Gasteiger partial charge on any atom is 0.164 e. The summed E-state index contributed by atoms with van der Waals surface area (Å²) >= 11 is 0. The van der Waals surface area contributed by atoms with Crippen molar-refractivity contribution in [2.45, 2.75) is 25.8 Å². The number of rotatable bonds is 1. The Labute approximate surface area is 101 Å². The van der Waals surface area contributed by atoms with Gasteiger partial charge in [0.05, 0.1) is 11.4 Å². The van der Waals surface area contributed by atoms with Gasteiger partial charge in [-0.1, -0.05) is 0 Å². The van der Waals surface area contributed by atoms with E-state index in [4.69, 9.17) is 5.73 Å². The lowest BCUT2D eigenvalue weighted by atomic mass is 9.94. The second-order valence-corrected chi connectivity index (χ2v) is 3.28. The minimum absolute atomic E-state index is 0. The van der Waals surface area contributed by atoms with Gasteiger partial charge >= 0.3 is 0 Å². The molecule has 0 saturated heterocycles. The third kappa shape index (κ3) is 2.91. The van der Waals surface area contributed by atoms with Gasteiger partial charge in [-0.05, 0) is 25.0 Å². The second-order valence-electron chi connectivity index (χ2n) is 3.28. The number of fused-ring (bicyclic) bond motifs is 1. The quantitative estimate of drug-likeness (QED) is 0.827. The van der Waals surface area contributed by atoms with E-state index in [2.05, 4.69) is 4.98 Å². The summed E-state index contributed by atoms with van der Waals surface area (Å²) in [6.07, 6.45) is 2.50. The van der Waals surface area contributed by atoms with Crippen LogP contribution in [0, 0.1) is 0 Å². The summed E-state index contributed by atoms with van der Waals surface area (Å²) in [7, 11) is 0. The molecule has 0 radical (unpaired) electrons. The number of pyridine rings is 1. The van der Waals surface area contributed by atoms with Gasteiger partial charge in [0, 0.05) is 18.5 Å². The molecule has 0 saturated carbocycles. The van der Waals surface area contributed by atoms with Crippen LogP contribution in [0.15, 0.2) is 12.1 Å². The Morgan fingerprint density at radius 3 is 2.67 bits per heavy atom. The average molecular weight is 249 g/mol. The van der Waals surface area contributed by atoms with E-state index in [9.17, 15) is 4.79 Å². The Morgan fingerprint density at radius 1 is 1.27 bits per heavy atom. The van der Waals surface area contributed by atoms with E-state index in [1.54, 1.807) is 0 Å². The van der Waals surface area contributed by atoms with Crippen LogP contribution in [-0.2, 0) is 13.0 Å². The molecule has 0 fully saturated rings. The standard InChI is InChI=1S/C10H12N2O.2ClH/c11-6-7-4-5-8-9(12-7)2-1-3-10(8)13;;/h4-5H,1-3,6,11H2;2*1H. The Kier molecular flexibility index (Phi) is 5.80. The predicted molar refractivity (Wildman–Crippen MR) is 63.9 cm³/mol. The number of nitrogens with zero attached hydrogens (tertiary/aromatic N) is 1. The lowest BCUT2D eigenvalue weighted by molar-refractivity contribution is 0.0971. The van der Waals surface area contributed by atoms with Gasteiger partial charge in [0.1, 0.15) is 0 Å². The molecule has 0 bridgehead atoms. The van der Waals surface area contributed by atoms with E-state index in [0.29, 0.717) is 13.0 Å². The highest BCUT2D eigenvalue weighted by Crippen LogP contribution is 2.19. The average Bonchev–Trinajstić information content (AvgIpc) is 2.18. The molecule has 84 valence electrons.